The van der Waals surface area contributed by atoms with Crippen LogP contribution < -0.4 is 10.9 Å². The highest BCUT2D eigenvalue weighted by molar-refractivity contribution is 9.10. The number of aromatic nitrogens is 2. The van der Waals surface area contributed by atoms with Gasteiger partial charge in [0.25, 0.3) is 5.91 Å². The van der Waals surface area contributed by atoms with E-state index in [1.54, 1.807) is 29.9 Å². The summed E-state index contributed by atoms with van der Waals surface area (Å²) < 4.78 is 40.2. The third-order valence-electron chi connectivity index (χ3n) is 3.71. The Morgan fingerprint density at radius 1 is 1.15 bits per heavy atom. The van der Waals surface area contributed by atoms with Crippen LogP contribution in [0.25, 0.3) is 11.3 Å². The van der Waals surface area contributed by atoms with Crippen LogP contribution in [0.2, 0.25) is 0 Å². The molecule has 0 fully saturated rings. The summed E-state index contributed by atoms with van der Waals surface area (Å²) in [5, 5.41) is 4.36. The van der Waals surface area contributed by atoms with Gasteiger partial charge in [0.15, 0.2) is 0 Å². The van der Waals surface area contributed by atoms with Gasteiger partial charge >= 0.3 is 6.18 Å². The SMILES string of the molecule is Cn1cc(Br)c(-c2cccc(NNC(=O)c3ccc(C(F)(F)F)cc3)c2)n1. The second-order valence-corrected chi connectivity index (χ2v) is 6.59. The minimum atomic E-state index is -4.44. The normalized spacial score (nSPS) is 11.3. The summed E-state index contributed by atoms with van der Waals surface area (Å²) in [5.41, 5.74) is 6.70. The van der Waals surface area contributed by atoms with Crippen LogP contribution in [0.3, 0.4) is 0 Å². The van der Waals surface area contributed by atoms with Crippen LogP contribution in [-0.4, -0.2) is 15.7 Å². The van der Waals surface area contributed by atoms with E-state index in [1.165, 1.54) is 0 Å². The molecule has 2 N–H and O–H groups in total. The van der Waals surface area contributed by atoms with Crippen molar-refractivity contribution in [2.75, 3.05) is 5.43 Å². The summed E-state index contributed by atoms with van der Waals surface area (Å²) in [4.78, 5) is 12.1. The maximum absolute atomic E-state index is 12.6. The number of carbonyl (C=O) groups excluding carboxylic acids is 1. The molecule has 0 aliphatic heterocycles. The molecule has 1 heterocycles. The largest absolute Gasteiger partial charge is 0.416 e. The molecule has 3 aromatic rings. The van der Waals surface area contributed by atoms with E-state index in [9.17, 15) is 18.0 Å². The molecule has 1 aromatic heterocycles. The number of carbonyl (C=O) groups is 1. The molecule has 27 heavy (non-hydrogen) atoms. The Hall–Kier alpha value is -2.81. The van der Waals surface area contributed by atoms with Crippen LogP contribution in [-0.2, 0) is 13.2 Å². The first-order chi connectivity index (χ1) is 12.7. The van der Waals surface area contributed by atoms with Gasteiger partial charge in [-0.2, -0.15) is 18.3 Å². The monoisotopic (exact) mass is 438 g/mol. The highest BCUT2D eigenvalue weighted by Gasteiger charge is 2.30. The smallest absolute Gasteiger partial charge is 0.298 e. The lowest BCUT2D eigenvalue weighted by Gasteiger charge is -2.11. The molecule has 0 spiro atoms. The van der Waals surface area contributed by atoms with E-state index >= 15 is 0 Å². The number of rotatable bonds is 4. The molecule has 5 nitrogen and oxygen atoms in total. The average molecular weight is 439 g/mol. The first-order valence-corrected chi connectivity index (χ1v) is 8.56. The molecule has 3 rings (SSSR count). The van der Waals surface area contributed by atoms with E-state index in [0.29, 0.717) is 5.69 Å². The second-order valence-electron chi connectivity index (χ2n) is 5.73. The Kier molecular flexibility index (Phi) is 5.22. The van der Waals surface area contributed by atoms with E-state index in [-0.39, 0.29) is 5.56 Å². The number of hydrazine groups is 1. The van der Waals surface area contributed by atoms with Gasteiger partial charge in [-0.25, -0.2) is 0 Å². The van der Waals surface area contributed by atoms with Gasteiger partial charge in [-0.05, 0) is 52.3 Å². The van der Waals surface area contributed by atoms with Gasteiger partial charge in [0, 0.05) is 24.4 Å². The van der Waals surface area contributed by atoms with E-state index in [2.05, 4.69) is 31.9 Å². The highest BCUT2D eigenvalue weighted by atomic mass is 79.9. The van der Waals surface area contributed by atoms with E-state index < -0.39 is 17.6 Å². The number of hydrogen-bond donors (Lipinski definition) is 2. The van der Waals surface area contributed by atoms with Crippen molar-refractivity contribution in [1.82, 2.24) is 15.2 Å². The third kappa shape index (κ3) is 4.48. The van der Waals surface area contributed by atoms with Crippen LogP contribution in [0.4, 0.5) is 18.9 Å². The lowest BCUT2D eigenvalue weighted by molar-refractivity contribution is -0.137. The van der Waals surface area contributed by atoms with Gasteiger partial charge in [-0.1, -0.05) is 12.1 Å². The van der Waals surface area contributed by atoms with Gasteiger partial charge < -0.3 is 0 Å². The van der Waals surface area contributed by atoms with Gasteiger partial charge in [0.2, 0.25) is 0 Å². The zero-order valence-electron chi connectivity index (χ0n) is 14.0. The Morgan fingerprint density at radius 2 is 1.85 bits per heavy atom. The fraction of sp³-hybridized carbons (Fsp3) is 0.111. The summed E-state index contributed by atoms with van der Waals surface area (Å²) in [6, 6.07) is 11.2. The Balaban J connectivity index is 1.69. The number of anilines is 1. The van der Waals surface area contributed by atoms with Crippen LogP contribution in [0.1, 0.15) is 15.9 Å². The summed E-state index contributed by atoms with van der Waals surface area (Å²) in [6.07, 6.45) is -2.62. The molecule has 140 valence electrons. The number of halogens is 4. The number of hydrogen-bond acceptors (Lipinski definition) is 3. The quantitative estimate of drug-likeness (QED) is 0.584. The second kappa shape index (κ2) is 7.43. The molecule has 0 aliphatic carbocycles. The predicted molar refractivity (Wildman–Crippen MR) is 98.9 cm³/mol. The van der Waals surface area contributed by atoms with Crippen molar-refractivity contribution in [2.24, 2.45) is 7.05 Å². The Bertz CT molecular complexity index is 967. The van der Waals surface area contributed by atoms with Crippen molar-refractivity contribution in [2.45, 2.75) is 6.18 Å². The number of alkyl halides is 3. The Morgan fingerprint density at radius 3 is 2.44 bits per heavy atom. The van der Waals surface area contributed by atoms with Crippen LogP contribution in [0.5, 0.6) is 0 Å². The van der Waals surface area contributed by atoms with Crippen LogP contribution in [0, 0.1) is 0 Å². The first-order valence-electron chi connectivity index (χ1n) is 7.77. The Labute approximate surface area is 161 Å². The molecule has 2 aromatic carbocycles. The van der Waals surface area contributed by atoms with E-state index in [0.717, 1.165) is 40.0 Å². The fourth-order valence-electron chi connectivity index (χ4n) is 2.41. The molecular weight excluding hydrogens is 425 g/mol. The number of nitrogens with zero attached hydrogens (tertiary/aromatic N) is 2. The molecule has 0 unspecified atom stereocenters. The predicted octanol–water partition coefficient (Wildman–Crippen LogP) is 4.63. The third-order valence-corrected chi connectivity index (χ3v) is 4.30. The lowest BCUT2D eigenvalue weighted by Crippen LogP contribution is -2.29. The topological polar surface area (TPSA) is 59.0 Å². The molecule has 0 atom stereocenters. The minimum Gasteiger partial charge on any atom is -0.298 e. The molecule has 0 saturated heterocycles. The van der Waals surface area contributed by atoms with Crippen molar-refractivity contribution in [3.05, 3.63) is 70.3 Å². The summed E-state index contributed by atoms with van der Waals surface area (Å²) >= 11 is 3.44. The molecular formula is C18H14BrF3N4O. The van der Waals surface area contributed by atoms with Gasteiger partial charge in [0.05, 0.1) is 15.7 Å². The minimum absolute atomic E-state index is 0.110. The summed E-state index contributed by atoms with van der Waals surface area (Å²) in [7, 11) is 1.81. The van der Waals surface area contributed by atoms with Crippen LogP contribution >= 0.6 is 15.9 Å². The fourth-order valence-corrected chi connectivity index (χ4v) is 3.02. The maximum Gasteiger partial charge on any atom is 0.416 e. The molecule has 0 saturated carbocycles. The van der Waals surface area contributed by atoms with E-state index in [1.807, 2.05) is 12.3 Å². The lowest BCUT2D eigenvalue weighted by atomic mass is 10.1. The molecule has 1 amide bonds. The van der Waals surface area contributed by atoms with Gasteiger partial charge in [-0.3, -0.25) is 20.3 Å². The number of nitrogens with one attached hydrogen (secondary N) is 2. The standard InChI is InChI=1S/C18H14BrF3N4O/c1-26-10-15(19)16(25-26)12-3-2-4-14(9-12)23-24-17(27)11-5-7-13(8-6-11)18(20,21)22/h2-10,23H,1H3,(H,24,27). The molecule has 0 bridgehead atoms. The van der Waals surface area contributed by atoms with Crippen molar-refractivity contribution in [1.29, 1.82) is 0 Å². The number of benzene rings is 2. The molecule has 0 aliphatic rings. The zero-order chi connectivity index (χ0) is 19.6. The zero-order valence-corrected chi connectivity index (χ0v) is 15.6. The number of aryl methyl sites for hydroxylation is 1. The van der Waals surface area contributed by atoms with Gasteiger partial charge in [0.1, 0.15) is 5.69 Å². The highest BCUT2D eigenvalue weighted by Crippen LogP contribution is 2.29. The van der Waals surface area contributed by atoms with Crippen molar-refractivity contribution < 1.29 is 18.0 Å². The summed E-state index contributed by atoms with van der Waals surface area (Å²) in [6.45, 7) is 0. The van der Waals surface area contributed by atoms with Gasteiger partial charge in [-0.15, -0.1) is 0 Å². The average Bonchev–Trinajstić information content (AvgIpc) is 2.97. The summed E-state index contributed by atoms with van der Waals surface area (Å²) in [5.74, 6) is -0.548. The van der Waals surface area contributed by atoms with E-state index in [4.69, 9.17) is 0 Å². The van der Waals surface area contributed by atoms with Crippen molar-refractivity contribution in [3.8, 4) is 11.3 Å². The maximum atomic E-state index is 12.6. The van der Waals surface area contributed by atoms with Crippen molar-refractivity contribution >= 4 is 27.5 Å². The molecule has 9 heteroatoms. The molecule has 0 radical (unpaired) electrons. The number of amides is 1. The first kappa shape index (κ1) is 19.0. The van der Waals surface area contributed by atoms with Crippen molar-refractivity contribution in [3.63, 3.8) is 0 Å². The van der Waals surface area contributed by atoms with Crippen LogP contribution in [0.15, 0.2) is 59.2 Å².